The molecule has 1 aliphatic heterocycles. The first-order valence-electron chi connectivity index (χ1n) is 17.6. The van der Waals surface area contributed by atoms with Crippen LogP contribution in [0, 0.1) is 6.92 Å². The monoisotopic (exact) mass is 835 g/mol. The molecule has 1 fully saturated rings. The van der Waals surface area contributed by atoms with Gasteiger partial charge in [0.15, 0.2) is 19.7 Å². The molecule has 19 heteroatoms. The second kappa shape index (κ2) is 18.0. The van der Waals surface area contributed by atoms with E-state index in [4.69, 9.17) is 18.3 Å². The van der Waals surface area contributed by atoms with Gasteiger partial charge in [0.2, 0.25) is 0 Å². The van der Waals surface area contributed by atoms with E-state index < -0.39 is 87.4 Å². The Hall–Kier alpha value is -5.16. The Morgan fingerprint density at radius 3 is 1.70 bits per heavy atom. The minimum absolute atomic E-state index is 0.0347. The third-order valence-electron chi connectivity index (χ3n) is 9.26. The molecule has 298 valence electrons. The first-order chi connectivity index (χ1) is 27.3. The number of aromatic amines is 1. The zero-order valence-electron chi connectivity index (χ0n) is 30.4. The quantitative estimate of drug-likeness (QED) is 0.0467. The molecule has 1 aromatic heterocycles. The summed E-state index contributed by atoms with van der Waals surface area (Å²) >= 11 is 0. The van der Waals surface area contributed by atoms with Crippen molar-refractivity contribution in [1.29, 1.82) is 0 Å². The molecule has 0 radical (unpaired) electrons. The van der Waals surface area contributed by atoms with Crippen molar-refractivity contribution in [2.75, 3.05) is 19.8 Å². The number of phosphoric ester groups is 1. The summed E-state index contributed by atoms with van der Waals surface area (Å²) in [6, 6.07) is 30.4. The zero-order chi connectivity index (χ0) is 40.6. The lowest BCUT2D eigenvalue weighted by atomic mass is 10.1. The number of ether oxygens (including phenoxy) is 1. The van der Waals surface area contributed by atoms with E-state index in [2.05, 4.69) is 15.0 Å². The molecule has 57 heavy (non-hydrogen) atoms. The van der Waals surface area contributed by atoms with E-state index in [9.17, 15) is 36.5 Å². The number of aromatic nitrogens is 2. The Bertz CT molecular complexity index is 2470. The lowest BCUT2D eigenvalue weighted by Gasteiger charge is -2.26. The molecular formula is C38H38N5O11PS2. The molecule has 5 atom stereocenters. The van der Waals surface area contributed by atoms with Crippen LogP contribution in [0.5, 0.6) is 0 Å². The Morgan fingerprint density at radius 1 is 0.789 bits per heavy atom. The average molecular weight is 836 g/mol. The second-order valence-corrected chi connectivity index (χ2v) is 18.9. The number of rotatable bonds is 17. The smallest absolute Gasteiger partial charge is 0.352 e. The summed E-state index contributed by atoms with van der Waals surface area (Å²) in [6.07, 6.45) is -0.976. The number of nitrogens with one attached hydrogen (secondary N) is 1. The van der Waals surface area contributed by atoms with Gasteiger partial charge in [-0.3, -0.25) is 27.9 Å². The zero-order valence-corrected chi connectivity index (χ0v) is 32.9. The first-order valence-corrected chi connectivity index (χ1v) is 22.1. The van der Waals surface area contributed by atoms with E-state index in [0.717, 1.165) is 4.57 Å². The molecule has 1 saturated heterocycles. The van der Waals surface area contributed by atoms with Crippen LogP contribution in [0.15, 0.2) is 152 Å². The van der Waals surface area contributed by atoms with E-state index in [0.29, 0.717) is 11.1 Å². The predicted octanol–water partition coefficient (Wildman–Crippen LogP) is 6.40. The predicted molar refractivity (Wildman–Crippen MR) is 209 cm³/mol. The summed E-state index contributed by atoms with van der Waals surface area (Å²) in [6.45, 7) is -0.682. The minimum Gasteiger partial charge on any atom is -0.352 e. The van der Waals surface area contributed by atoms with Gasteiger partial charge in [-0.25, -0.2) is 26.2 Å². The number of hydrogen-bond acceptors (Lipinski definition) is 12. The Morgan fingerprint density at radius 2 is 1.25 bits per heavy atom. The lowest BCUT2D eigenvalue weighted by molar-refractivity contribution is -0.0304. The summed E-state index contributed by atoms with van der Waals surface area (Å²) in [5.74, 6) is 0. The molecule has 2 heterocycles. The number of sulfone groups is 2. The molecule has 0 saturated carbocycles. The number of phosphoric acid groups is 1. The summed E-state index contributed by atoms with van der Waals surface area (Å²) in [4.78, 5) is 29.7. The van der Waals surface area contributed by atoms with Gasteiger partial charge in [-0.2, -0.15) is 0 Å². The van der Waals surface area contributed by atoms with E-state index in [1.807, 2.05) is 0 Å². The fraction of sp³-hybridized carbons (Fsp3) is 0.263. The van der Waals surface area contributed by atoms with E-state index in [1.165, 1.54) is 37.4 Å². The van der Waals surface area contributed by atoms with Crippen LogP contribution in [0.3, 0.4) is 0 Å². The molecule has 1 aliphatic rings. The van der Waals surface area contributed by atoms with Gasteiger partial charge in [-0.1, -0.05) is 102 Å². The molecule has 4 aromatic carbocycles. The Kier molecular flexibility index (Phi) is 13.1. The molecule has 16 nitrogen and oxygen atoms in total. The van der Waals surface area contributed by atoms with Crippen molar-refractivity contribution < 1.29 is 39.7 Å². The van der Waals surface area contributed by atoms with Crippen LogP contribution in [0.25, 0.3) is 10.4 Å². The van der Waals surface area contributed by atoms with Crippen molar-refractivity contribution in [2.45, 2.75) is 52.0 Å². The fourth-order valence-corrected chi connectivity index (χ4v) is 10.9. The van der Waals surface area contributed by atoms with Gasteiger partial charge in [0.05, 0.1) is 41.8 Å². The Balaban J connectivity index is 1.34. The molecule has 0 bridgehead atoms. The highest BCUT2D eigenvalue weighted by molar-refractivity contribution is 7.92. The van der Waals surface area contributed by atoms with Gasteiger partial charge in [-0.15, -0.1) is 0 Å². The normalized spacial score (nSPS) is 19.2. The van der Waals surface area contributed by atoms with E-state index >= 15 is 0 Å². The highest BCUT2D eigenvalue weighted by atomic mass is 32.2. The van der Waals surface area contributed by atoms with Gasteiger partial charge in [0.1, 0.15) is 16.7 Å². The first kappa shape index (κ1) is 41.5. The second-order valence-electron chi connectivity index (χ2n) is 13.0. The van der Waals surface area contributed by atoms with Crippen LogP contribution in [-0.2, 0) is 42.5 Å². The van der Waals surface area contributed by atoms with Crippen LogP contribution in [0.4, 0.5) is 0 Å². The summed E-state index contributed by atoms with van der Waals surface area (Å²) < 4.78 is 95.8. The van der Waals surface area contributed by atoms with E-state index in [-0.39, 0.29) is 21.8 Å². The number of azide groups is 1. The molecule has 0 amide bonds. The van der Waals surface area contributed by atoms with Crippen molar-refractivity contribution in [3.05, 3.63) is 175 Å². The third kappa shape index (κ3) is 9.70. The van der Waals surface area contributed by atoms with Crippen LogP contribution in [-0.4, -0.2) is 58.4 Å². The summed E-state index contributed by atoms with van der Waals surface area (Å²) in [7, 11) is -13.4. The largest absolute Gasteiger partial charge is 0.474 e. The van der Waals surface area contributed by atoms with Gasteiger partial charge in [0, 0.05) is 23.1 Å². The standard InChI is InChI=1S/C38H38N5O11PS2/c1-27-23-43(38(45)40-37(27)44)36-22-32(41-42-39)33(54-36)24-51-55(46,52-25-34(28-14-6-2-7-15-28)56(47,48)30-18-10-4-11-19-30)53-26-35(29-16-8-3-9-17-29)57(49,50)31-20-12-5-13-21-31/h2-21,23,32-36H,22,24-26H2,1H3,(H,40,44,45)/t32-,33+,34?,35?,36+,55?/m0/s1. The summed E-state index contributed by atoms with van der Waals surface area (Å²) in [5.41, 5.74) is 8.77. The topological polar surface area (TPSA) is 226 Å². The molecule has 6 rings (SSSR count). The fourth-order valence-electron chi connectivity index (χ4n) is 6.23. The van der Waals surface area contributed by atoms with Crippen molar-refractivity contribution in [1.82, 2.24) is 9.55 Å². The minimum atomic E-state index is -4.96. The van der Waals surface area contributed by atoms with Crippen molar-refractivity contribution in [2.24, 2.45) is 5.11 Å². The number of nitrogens with zero attached hydrogens (tertiary/aromatic N) is 4. The molecule has 5 aromatic rings. The maximum absolute atomic E-state index is 14.8. The van der Waals surface area contributed by atoms with Crippen molar-refractivity contribution in [3.8, 4) is 0 Å². The van der Waals surface area contributed by atoms with Crippen LogP contribution < -0.4 is 11.2 Å². The molecular weight excluding hydrogens is 798 g/mol. The Labute approximate surface area is 328 Å². The highest BCUT2D eigenvalue weighted by Gasteiger charge is 2.42. The van der Waals surface area contributed by atoms with Gasteiger partial charge >= 0.3 is 13.5 Å². The van der Waals surface area contributed by atoms with Crippen molar-refractivity contribution >= 4 is 27.5 Å². The third-order valence-corrected chi connectivity index (χ3v) is 14.8. The van der Waals surface area contributed by atoms with E-state index in [1.54, 1.807) is 97.1 Å². The van der Waals surface area contributed by atoms with Crippen LogP contribution >= 0.6 is 7.82 Å². The maximum Gasteiger partial charge on any atom is 0.474 e. The molecule has 1 N–H and O–H groups in total. The average Bonchev–Trinajstić information content (AvgIpc) is 3.62. The number of H-pyrrole nitrogens is 1. The van der Waals surface area contributed by atoms with Crippen molar-refractivity contribution in [3.63, 3.8) is 0 Å². The SMILES string of the molecule is Cc1cn([C@H]2C[C@H](N=[N+]=[N-])[C@@H](COP(=O)(OCC(c3ccccc3)S(=O)(=O)c3ccccc3)OCC(c3ccccc3)S(=O)(=O)c3ccccc3)O2)c(=O)[nH]c1=O. The molecule has 2 unspecified atom stereocenters. The lowest BCUT2D eigenvalue weighted by Crippen LogP contribution is -2.33. The van der Waals surface area contributed by atoms with Gasteiger partial charge < -0.3 is 4.74 Å². The number of benzene rings is 4. The highest BCUT2D eigenvalue weighted by Crippen LogP contribution is 2.53. The van der Waals surface area contributed by atoms with Crippen LogP contribution in [0.2, 0.25) is 0 Å². The maximum atomic E-state index is 14.8. The van der Waals surface area contributed by atoms with Gasteiger partial charge in [0.25, 0.3) is 5.56 Å². The van der Waals surface area contributed by atoms with Crippen LogP contribution in [0.1, 0.15) is 39.8 Å². The molecule has 0 spiro atoms. The number of aryl methyl sites for hydroxylation is 1. The molecule has 0 aliphatic carbocycles. The summed E-state index contributed by atoms with van der Waals surface area (Å²) in [5, 5.41) is 0.904. The number of hydrogen-bond donors (Lipinski definition) is 1. The van der Waals surface area contributed by atoms with Gasteiger partial charge in [-0.05, 0) is 47.8 Å².